The standard InChI is InChI=1S/C13H17FN2O/c14-11-6-1-4-10-5-3-9-17-16(13(10)11)12-7-2-8-15-12/h1,4,6,12,15H,2-3,5,7-9H2. The van der Waals surface area contributed by atoms with Crippen LogP contribution in [-0.2, 0) is 11.3 Å². The van der Waals surface area contributed by atoms with Gasteiger partial charge in [-0.15, -0.1) is 0 Å². The van der Waals surface area contributed by atoms with Gasteiger partial charge < -0.3 is 0 Å². The van der Waals surface area contributed by atoms with Gasteiger partial charge in [0.2, 0.25) is 0 Å². The number of benzene rings is 1. The van der Waals surface area contributed by atoms with Crippen LogP contribution in [0.1, 0.15) is 24.8 Å². The number of rotatable bonds is 1. The molecule has 1 N–H and O–H groups in total. The SMILES string of the molecule is Fc1cccc2c1N(C1CCCN1)OCCC2. The first-order valence-corrected chi connectivity index (χ1v) is 6.29. The van der Waals surface area contributed by atoms with Crippen LogP contribution < -0.4 is 10.4 Å². The highest BCUT2D eigenvalue weighted by atomic mass is 19.1. The Morgan fingerprint density at radius 1 is 1.35 bits per heavy atom. The van der Waals surface area contributed by atoms with Gasteiger partial charge in [0.05, 0.1) is 6.61 Å². The fourth-order valence-electron chi connectivity index (χ4n) is 2.61. The van der Waals surface area contributed by atoms with Crippen LogP contribution in [0.3, 0.4) is 0 Å². The summed E-state index contributed by atoms with van der Waals surface area (Å²) in [6, 6.07) is 5.28. The Bertz CT molecular complexity index is 404. The second-order valence-electron chi connectivity index (χ2n) is 4.62. The predicted molar refractivity (Wildman–Crippen MR) is 64.2 cm³/mol. The van der Waals surface area contributed by atoms with Gasteiger partial charge in [-0.25, -0.2) is 9.45 Å². The Morgan fingerprint density at radius 2 is 2.29 bits per heavy atom. The van der Waals surface area contributed by atoms with Crippen molar-refractivity contribution in [1.82, 2.24) is 5.32 Å². The maximum atomic E-state index is 14.0. The molecule has 1 saturated heterocycles. The average Bonchev–Trinajstić information content (AvgIpc) is 2.76. The van der Waals surface area contributed by atoms with Crippen LogP contribution in [0.2, 0.25) is 0 Å². The van der Waals surface area contributed by atoms with Crippen LogP contribution >= 0.6 is 0 Å². The van der Waals surface area contributed by atoms with Crippen LogP contribution in [0.25, 0.3) is 0 Å². The van der Waals surface area contributed by atoms with Gasteiger partial charge in [0.1, 0.15) is 17.7 Å². The molecule has 3 rings (SSSR count). The molecule has 0 aliphatic carbocycles. The van der Waals surface area contributed by atoms with E-state index in [1.54, 1.807) is 11.1 Å². The summed E-state index contributed by atoms with van der Waals surface area (Å²) in [5.74, 6) is -0.182. The molecule has 1 aromatic rings. The summed E-state index contributed by atoms with van der Waals surface area (Å²) < 4.78 is 14.0. The molecule has 3 nitrogen and oxygen atoms in total. The smallest absolute Gasteiger partial charge is 0.149 e. The van der Waals surface area contributed by atoms with Gasteiger partial charge in [0, 0.05) is 0 Å². The highest BCUT2D eigenvalue weighted by Crippen LogP contribution is 2.31. The van der Waals surface area contributed by atoms with E-state index in [1.807, 2.05) is 6.07 Å². The topological polar surface area (TPSA) is 24.5 Å². The van der Waals surface area contributed by atoms with E-state index in [0.29, 0.717) is 12.3 Å². The lowest BCUT2D eigenvalue weighted by molar-refractivity contribution is 0.0837. The lowest BCUT2D eigenvalue weighted by atomic mass is 10.1. The molecule has 17 heavy (non-hydrogen) atoms. The summed E-state index contributed by atoms with van der Waals surface area (Å²) in [7, 11) is 0. The number of anilines is 1. The quantitative estimate of drug-likeness (QED) is 0.809. The van der Waals surface area contributed by atoms with E-state index in [1.165, 1.54) is 6.07 Å². The highest BCUT2D eigenvalue weighted by Gasteiger charge is 2.28. The van der Waals surface area contributed by atoms with E-state index in [4.69, 9.17) is 4.84 Å². The molecular weight excluding hydrogens is 219 g/mol. The molecule has 1 unspecified atom stereocenters. The van der Waals surface area contributed by atoms with Crippen molar-refractivity contribution in [2.45, 2.75) is 31.8 Å². The number of nitrogens with zero attached hydrogens (tertiary/aromatic N) is 1. The summed E-state index contributed by atoms with van der Waals surface area (Å²) >= 11 is 0. The normalized spacial score (nSPS) is 24.5. The van der Waals surface area contributed by atoms with Crippen molar-refractivity contribution < 1.29 is 9.23 Å². The third kappa shape index (κ3) is 2.03. The first-order valence-electron chi connectivity index (χ1n) is 6.29. The lowest BCUT2D eigenvalue weighted by Crippen LogP contribution is -2.42. The minimum atomic E-state index is -0.182. The fraction of sp³-hybridized carbons (Fsp3) is 0.538. The molecule has 1 fully saturated rings. The zero-order valence-corrected chi connectivity index (χ0v) is 9.79. The molecule has 0 saturated carbocycles. The Hall–Kier alpha value is -1.13. The van der Waals surface area contributed by atoms with E-state index in [-0.39, 0.29) is 12.0 Å². The Kier molecular flexibility index (Phi) is 2.99. The monoisotopic (exact) mass is 236 g/mol. The number of hydrogen-bond acceptors (Lipinski definition) is 3. The fourth-order valence-corrected chi connectivity index (χ4v) is 2.61. The van der Waals surface area contributed by atoms with Gasteiger partial charge in [-0.3, -0.25) is 10.2 Å². The number of hydrogen-bond donors (Lipinski definition) is 1. The Balaban J connectivity index is 1.99. The van der Waals surface area contributed by atoms with Gasteiger partial charge in [0.15, 0.2) is 0 Å². The molecule has 2 aliphatic rings. The van der Waals surface area contributed by atoms with Crippen molar-refractivity contribution in [2.75, 3.05) is 18.2 Å². The second kappa shape index (κ2) is 4.63. The van der Waals surface area contributed by atoms with Crippen molar-refractivity contribution >= 4 is 5.69 Å². The summed E-state index contributed by atoms with van der Waals surface area (Å²) in [5.41, 5.74) is 1.68. The summed E-state index contributed by atoms with van der Waals surface area (Å²) in [4.78, 5) is 5.72. The van der Waals surface area contributed by atoms with E-state index >= 15 is 0 Å². The predicted octanol–water partition coefficient (Wildman–Crippen LogP) is 2.22. The van der Waals surface area contributed by atoms with Crippen molar-refractivity contribution in [1.29, 1.82) is 0 Å². The van der Waals surface area contributed by atoms with Crippen molar-refractivity contribution in [2.24, 2.45) is 0 Å². The lowest BCUT2D eigenvalue weighted by Gasteiger charge is -2.29. The summed E-state index contributed by atoms with van der Waals surface area (Å²) in [6.45, 7) is 1.64. The van der Waals surface area contributed by atoms with Crippen LogP contribution in [0, 0.1) is 5.82 Å². The largest absolute Gasteiger partial charge is 0.295 e. The molecule has 0 radical (unpaired) electrons. The van der Waals surface area contributed by atoms with Gasteiger partial charge in [0.25, 0.3) is 0 Å². The van der Waals surface area contributed by atoms with Crippen LogP contribution in [-0.4, -0.2) is 19.3 Å². The van der Waals surface area contributed by atoms with E-state index in [2.05, 4.69) is 5.32 Å². The van der Waals surface area contributed by atoms with Crippen molar-refractivity contribution in [3.8, 4) is 0 Å². The molecule has 1 atom stereocenters. The van der Waals surface area contributed by atoms with Crippen molar-refractivity contribution in [3.63, 3.8) is 0 Å². The molecule has 2 heterocycles. The molecule has 1 aromatic carbocycles. The zero-order valence-electron chi connectivity index (χ0n) is 9.79. The number of fused-ring (bicyclic) bond motifs is 1. The molecule has 4 heteroatoms. The van der Waals surface area contributed by atoms with Crippen LogP contribution in [0.15, 0.2) is 18.2 Å². The third-order valence-corrected chi connectivity index (χ3v) is 3.43. The number of hydroxylamine groups is 1. The maximum Gasteiger partial charge on any atom is 0.149 e. The maximum absolute atomic E-state index is 14.0. The van der Waals surface area contributed by atoms with Gasteiger partial charge >= 0.3 is 0 Å². The molecule has 0 aromatic heterocycles. The zero-order chi connectivity index (χ0) is 11.7. The molecule has 2 aliphatic heterocycles. The molecular formula is C13H17FN2O. The number of para-hydroxylation sites is 1. The van der Waals surface area contributed by atoms with Crippen LogP contribution in [0.4, 0.5) is 10.1 Å². The second-order valence-corrected chi connectivity index (χ2v) is 4.62. The van der Waals surface area contributed by atoms with Crippen LogP contribution in [0.5, 0.6) is 0 Å². The first-order chi connectivity index (χ1) is 8.36. The van der Waals surface area contributed by atoms with E-state index < -0.39 is 0 Å². The minimum absolute atomic E-state index is 0.115. The minimum Gasteiger partial charge on any atom is -0.295 e. The average molecular weight is 236 g/mol. The molecule has 0 spiro atoms. The number of nitrogens with one attached hydrogen (secondary N) is 1. The third-order valence-electron chi connectivity index (χ3n) is 3.43. The summed E-state index contributed by atoms with van der Waals surface area (Å²) in [6.07, 6.45) is 4.07. The van der Waals surface area contributed by atoms with E-state index in [9.17, 15) is 4.39 Å². The van der Waals surface area contributed by atoms with Crippen molar-refractivity contribution in [3.05, 3.63) is 29.6 Å². The molecule has 0 amide bonds. The van der Waals surface area contributed by atoms with Gasteiger partial charge in [-0.05, 0) is 43.9 Å². The Labute approximate surface area is 101 Å². The number of halogens is 1. The van der Waals surface area contributed by atoms with E-state index in [0.717, 1.165) is 37.8 Å². The highest BCUT2D eigenvalue weighted by molar-refractivity contribution is 5.54. The van der Waals surface area contributed by atoms with Gasteiger partial charge in [-0.2, -0.15) is 0 Å². The number of aryl methyl sites for hydroxylation is 1. The Morgan fingerprint density at radius 3 is 3.12 bits per heavy atom. The molecule has 92 valence electrons. The first kappa shape index (κ1) is 11.0. The summed E-state index contributed by atoms with van der Waals surface area (Å²) in [5, 5.41) is 5.11. The molecule has 0 bridgehead atoms. The van der Waals surface area contributed by atoms with Gasteiger partial charge in [-0.1, -0.05) is 12.1 Å².